The summed E-state index contributed by atoms with van der Waals surface area (Å²) in [4.78, 5) is 25.9. The second kappa shape index (κ2) is 7.25. The molecule has 4 heterocycles. The van der Waals surface area contributed by atoms with E-state index in [1.165, 1.54) is 0 Å². The number of thioether (sulfide) groups is 1. The SMILES string of the molecule is CSc1nccc(N2CC3CC(C2)N3CC(=O)Nc2ccccc2C)n1. The third kappa shape index (κ3) is 3.41. The summed E-state index contributed by atoms with van der Waals surface area (Å²) < 4.78 is 0. The van der Waals surface area contributed by atoms with E-state index in [1.54, 1.807) is 11.8 Å². The fourth-order valence-corrected chi connectivity index (χ4v) is 4.16. The summed E-state index contributed by atoms with van der Waals surface area (Å²) in [6.45, 7) is 4.30. The zero-order chi connectivity index (χ0) is 18.1. The Bertz CT molecular complexity index is 802. The van der Waals surface area contributed by atoms with E-state index in [9.17, 15) is 4.79 Å². The number of aryl methyl sites for hydroxylation is 1. The van der Waals surface area contributed by atoms with Crippen molar-refractivity contribution in [1.82, 2.24) is 14.9 Å². The van der Waals surface area contributed by atoms with Gasteiger partial charge in [-0.25, -0.2) is 9.97 Å². The number of hydrogen-bond acceptors (Lipinski definition) is 6. The lowest BCUT2D eigenvalue weighted by molar-refractivity contribution is -0.121. The molecule has 0 aliphatic carbocycles. The number of nitrogens with zero attached hydrogens (tertiary/aromatic N) is 4. The molecule has 3 aliphatic rings. The van der Waals surface area contributed by atoms with Crippen molar-refractivity contribution in [2.75, 3.05) is 36.1 Å². The van der Waals surface area contributed by atoms with Gasteiger partial charge in [-0.15, -0.1) is 0 Å². The second-order valence-electron chi connectivity index (χ2n) is 6.89. The molecule has 136 valence electrons. The van der Waals surface area contributed by atoms with Gasteiger partial charge >= 0.3 is 0 Å². The van der Waals surface area contributed by atoms with Crippen LogP contribution in [0, 0.1) is 6.92 Å². The molecule has 26 heavy (non-hydrogen) atoms. The van der Waals surface area contributed by atoms with E-state index in [2.05, 4.69) is 25.1 Å². The summed E-state index contributed by atoms with van der Waals surface area (Å²) in [5, 5.41) is 3.84. The predicted molar refractivity (Wildman–Crippen MR) is 105 cm³/mol. The van der Waals surface area contributed by atoms with Crippen LogP contribution in [-0.2, 0) is 4.79 Å². The highest BCUT2D eigenvalue weighted by Crippen LogP contribution is 2.34. The van der Waals surface area contributed by atoms with Crippen molar-refractivity contribution in [1.29, 1.82) is 0 Å². The molecular formula is C19H23N5OS. The van der Waals surface area contributed by atoms with Crippen molar-refractivity contribution in [3.8, 4) is 0 Å². The Morgan fingerprint density at radius 1 is 1.27 bits per heavy atom. The molecule has 7 heteroatoms. The van der Waals surface area contributed by atoms with Crippen LogP contribution in [0.2, 0.25) is 0 Å². The number of carbonyl (C=O) groups excluding carboxylic acids is 1. The van der Waals surface area contributed by atoms with Gasteiger partial charge < -0.3 is 10.2 Å². The van der Waals surface area contributed by atoms with E-state index in [0.717, 1.165) is 41.7 Å². The standard InChI is InChI=1S/C19H23N5OS/c1-13-5-3-4-6-16(13)21-18(25)12-24-14-9-15(24)11-23(10-14)17-7-8-20-19(22-17)26-2/h3-8,14-15H,9-12H2,1-2H3,(H,21,25). The van der Waals surface area contributed by atoms with Gasteiger partial charge in [-0.1, -0.05) is 30.0 Å². The number of fused-ring (bicyclic) bond motifs is 2. The summed E-state index contributed by atoms with van der Waals surface area (Å²) in [6.07, 6.45) is 4.97. The molecule has 0 radical (unpaired) electrons. The lowest BCUT2D eigenvalue weighted by Crippen LogP contribution is -2.69. The third-order valence-electron chi connectivity index (χ3n) is 5.22. The highest BCUT2D eigenvalue weighted by molar-refractivity contribution is 7.98. The number of nitrogens with one attached hydrogen (secondary N) is 1. The molecule has 1 amide bonds. The van der Waals surface area contributed by atoms with Gasteiger partial charge in [0.2, 0.25) is 5.91 Å². The quantitative estimate of drug-likeness (QED) is 0.645. The van der Waals surface area contributed by atoms with E-state index < -0.39 is 0 Å². The molecule has 2 unspecified atom stereocenters. The molecule has 1 N–H and O–H groups in total. The average molecular weight is 369 g/mol. The maximum atomic E-state index is 12.4. The Kier molecular flexibility index (Phi) is 4.82. The molecule has 1 aromatic heterocycles. The number of carbonyl (C=O) groups is 1. The summed E-state index contributed by atoms with van der Waals surface area (Å²) in [6, 6.07) is 10.7. The number of hydrogen-bond donors (Lipinski definition) is 1. The lowest BCUT2D eigenvalue weighted by atomic mass is 9.87. The van der Waals surface area contributed by atoms with E-state index >= 15 is 0 Å². The Labute approximate surface area is 158 Å². The van der Waals surface area contributed by atoms with Crippen LogP contribution in [0.3, 0.4) is 0 Å². The summed E-state index contributed by atoms with van der Waals surface area (Å²) in [7, 11) is 0. The van der Waals surface area contributed by atoms with Crippen LogP contribution in [0.1, 0.15) is 12.0 Å². The molecule has 2 atom stereocenters. The number of para-hydroxylation sites is 1. The summed E-state index contributed by atoms with van der Waals surface area (Å²) in [5.74, 6) is 1.05. The molecule has 6 nitrogen and oxygen atoms in total. The molecule has 5 rings (SSSR count). The van der Waals surface area contributed by atoms with Gasteiger partial charge in [0.1, 0.15) is 5.82 Å². The molecule has 0 spiro atoms. The number of benzene rings is 1. The predicted octanol–water partition coefficient (Wildman–Crippen LogP) is 2.41. The molecule has 3 fully saturated rings. The minimum Gasteiger partial charge on any atom is -0.353 e. The first-order valence-corrected chi connectivity index (χ1v) is 10.1. The van der Waals surface area contributed by atoms with E-state index in [1.807, 2.05) is 49.7 Å². The lowest BCUT2D eigenvalue weighted by Gasteiger charge is -2.56. The summed E-state index contributed by atoms with van der Waals surface area (Å²) >= 11 is 1.56. The van der Waals surface area contributed by atoms with Crippen LogP contribution in [0.25, 0.3) is 0 Å². The average Bonchev–Trinajstić information content (AvgIpc) is 2.68. The smallest absolute Gasteiger partial charge is 0.238 e. The minimum atomic E-state index is 0.0640. The maximum Gasteiger partial charge on any atom is 0.238 e. The molecule has 0 saturated carbocycles. The third-order valence-corrected chi connectivity index (χ3v) is 5.78. The Balaban J connectivity index is 1.35. The number of amides is 1. The van der Waals surface area contributed by atoms with Gasteiger partial charge in [0.05, 0.1) is 6.54 Å². The molecule has 3 aliphatic heterocycles. The number of aromatic nitrogens is 2. The van der Waals surface area contributed by atoms with Crippen molar-refractivity contribution < 1.29 is 4.79 Å². The zero-order valence-electron chi connectivity index (χ0n) is 15.1. The van der Waals surface area contributed by atoms with E-state index in [-0.39, 0.29) is 5.91 Å². The van der Waals surface area contributed by atoms with Gasteiger partial charge in [-0.05, 0) is 37.3 Å². The molecule has 1 aromatic carbocycles. The van der Waals surface area contributed by atoms with Crippen molar-refractivity contribution in [3.05, 3.63) is 42.1 Å². The second-order valence-corrected chi connectivity index (χ2v) is 7.66. The van der Waals surface area contributed by atoms with Crippen LogP contribution in [0.5, 0.6) is 0 Å². The maximum absolute atomic E-state index is 12.4. The largest absolute Gasteiger partial charge is 0.353 e. The highest BCUT2D eigenvalue weighted by Gasteiger charge is 2.45. The van der Waals surface area contributed by atoms with Crippen molar-refractivity contribution >= 4 is 29.2 Å². The normalized spacial score (nSPS) is 22.0. The van der Waals surface area contributed by atoms with Crippen molar-refractivity contribution in [2.24, 2.45) is 0 Å². The van der Waals surface area contributed by atoms with Gasteiger partial charge in [0.15, 0.2) is 5.16 Å². The Hall–Kier alpha value is -2.12. The topological polar surface area (TPSA) is 61.4 Å². The van der Waals surface area contributed by atoms with Gasteiger partial charge in [-0.2, -0.15) is 0 Å². The monoisotopic (exact) mass is 369 g/mol. The number of piperazine rings is 1. The minimum absolute atomic E-state index is 0.0640. The van der Waals surface area contributed by atoms with Crippen LogP contribution >= 0.6 is 11.8 Å². The van der Waals surface area contributed by atoms with Gasteiger partial charge in [0.25, 0.3) is 0 Å². The van der Waals surface area contributed by atoms with Crippen LogP contribution < -0.4 is 10.2 Å². The molecule has 2 bridgehead atoms. The number of piperidine rings is 1. The number of anilines is 2. The van der Waals surface area contributed by atoms with E-state index in [0.29, 0.717) is 18.6 Å². The number of rotatable bonds is 5. The van der Waals surface area contributed by atoms with Gasteiger partial charge in [-0.3, -0.25) is 9.69 Å². The molecular weight excluding hydrogens is 346 g/mol. The Morgan fingerprint density at radius 2 is 2.04 bits per heavy atom. The first-order valence-electron chi connectivity index (χ1n) is 8.87. The van der Waals surface area contributed by atoms with Crippen LogP contribution in [0.4, 0.5) is 11.5 Å². The summed E-state index contributed by atoms with van der Waals surface area (Å²) in [5.41, 5.74) is 1.99. The fraction of sp³-hybridized carbons (Fsp3) is 0.421. The fourth-order valence-electron chi connectivity index (χ4n) is 3.81. The van der Waals surface area contributed by atoms with Crippen LogP contribution in [0.15, 0.2) is 41.7 Å². The van der Waals surface area contributed by atoms with Crippen LogP contribution in [-0.4, -0.2) is 58.7 Å². The zero-order valence-corrected chi connectivity index (χ0v) is 15.9. The Morgan fingerprint density at radius 3 is 2.77 bits per heavy atom. The molecule has 2 aromatic rings. The highest BCUT2D eigenvalue weighted by atomic mass is 32.2. The van der Waals surface area contributed by atoms with Crippen molar-refractivity contribution in [3.63, 3.8) is 0 Å². The van der Waals surface area contributed by atoms with Gasteiger partial charge in [0, 0.05) is 37.1 Å². The first kappa shape index (κ1) is 17.3. The first-order chi connectivity index (χ1) is 12.6. The van der Waals surface area contributed by atoms with Crippen molar-refractivity contribution in [2.45, 2.75) is 30.6 Å². The molecule has 3 saturated heterocycles. The van der Waals surface area contributed by atoms with E-state index in [4.69, 9.17) is 0 Å².